The molecule has 4 rings (SSSR count). The van der Waals surface area contributed by atoms with E-state index in [0.717, 1.165) is 36.9 Å². The number of amides is 1. The summed E-state index contributed by atoms with van der Waals surface area (Å²) in [6.07, 6.45) is 11.1. The van der Waals surface area contributed by atoms with Crippen molar-refractivity contribution in [2.24, 2.45) is 5.41 Å². The van der Waals surface area contributed by atoms with E-state index in [1.807, 2.05) is 17.5 Å². The highest BCUT2D eigenvalue weighted by atomic mass is 32.1. The molecule has 0 aliphatic heterocycles. The molecule has 8 nitrogen and oxygen atoms in total. The van der Waals surface area contributed by atoms with E-state index in [-0.39, 0.29) is 11.3 Å². The standard InChI is InChI=1S/C18H21N7OS/c26-16(22-17-21-15(11-27-17)14-5-4-8-19-10-14)9-18(6-2-1-3-7-18)12-25-13-20-23-24-25/h4-5,8,10-11,13H,1-3,6-7,9,12H2,(H,21,22,26). The lowest BCUT2D eigenvalue weighted by molar-refractivity contribution is -0.119. The summed E-state index contributed by atoms with van der Waals surface area (Å²) < 4.78 is 1.74. The average molecular weight is 383 g/mol. The zero-order valence-electron chi connectivity index (χ0n) is 14.9. The summed E-state index contributed by atoms with van der Waals surface area (Å²) in [5, 5.41) is 16.9. The number of hydrogen-bond donors (Lipinski definition) is 1. The van der Waals surface area contributed by atoms with E-state index >= 15 is 0 Å². The van der Waals surface area contributed by atoms with Crippen LogP contribution in [0.2, 0.25) is 0 Å². The van der Waals surface area contributed by atoms with Crippen LogP contribution in [0.3, 0.4) is 0 Å². The van der Waals surface area contributed by atoms with Crippen LogP contribution in [0.25, 0.3) is 11.3 Å². The quantitative estimate of drug-likeness (QED) is 0.702. The smallest absolute Gasteiger partial charge is 0.226 e. The number of aromatic nitrogens is 6. The van der Waals surface area contributed by atoms with Gasteiger partial charge < -0.3 is 5.32 Å². The van der Waals surface area contributed by atoms with Gasteiger partial charge in [-0.15, -0.1) is 16.4 Å². The van der Waals surface area contributed by atoms with Crippen molar-refractivity contribution in [2.75, 3.05) is 5.32 Å². The lowest BCUT2D eigenvalue weighted by atomic mass is 9.71. The number of carbonyl (C=O) groups excluding carboxylic acids is 1. The van der Waals surface area contributed by atoms with Crippen LogP contribution in [0.15, 0.2) is 36.2 Å². The molecule has 9 heteroatoms. The van der Waals surface area contributed by atoms with Gasteiger partial charge in [-0.3, -0.25) is 9.78 Å². The van der Waals surface area contributed by atoms with E-state index in [0.29, 0.717) is 18.1 Å². The zero-order chi connectivity index (χ0) is 18.5. The van der Waals surface area contributed by atoms with Gasteiger partial charge in [-0.05, 0) is 40.8 Å². The minimum absolute atomic E-state index is 0.00272. The Morgan fingerprint density at radius 2 is 2.19 bits per heavy atom. The topological polar surface area (TPSA) is 98.5 Å². The summed E-state index contributed by atoms with van der Waals surface area (Å²) in [6.45, 7) is 0.673. The fourth-order valence-electron chi connectivity index (χ4n) is 3.77. The molecule has 1 fully saturated rings. The molecule has 0 radical (unpaired) electrons. The molecule has 1 aliphatic carbocycles. The number of carbonyl (C=O) groups is 1. The van der Waals surface area contributed by atoms with Gasteiger partial charge in [0.1, 0.15) is 6.33 Å². The molecule has 140 valence electrons. The van der Waals surface area contributed by atoms with Gasteiger partial charge in [0.15, 0.2) is 5.13 Å². The second-order valence-electron chi connectivity index (χ2n) is 7.07. The zero-order valence-corrected chi connectivity index (χ0v) is 15.7. The van der Waals surface area contributed by atoms with E-state index in [1.165, 1.54) is 17.8 Å². The number of hydrogen-bond acceptors (Lipinski definition) is 7. The molecule has 1 saturated carbocycles. The minimum atomic E-state index is -0.0961. The SMILES string of the molecule is O=C(CC1(Cn2cnnn2)CCCCC1)Nc1nc(-c2cccnc2)cs1. The van der Waals surface area contributed by atoms with Crippen molar-refractivity contribution in [1.82, 2.24) is 30.2 Å². The molecular weight excluding hydrogens is 362 g/mol. The third-order valence-corrected chi connectivity index (χ3v) is 5.80. The molecule has 1 N–H and O–H groups in total. The van der Waals surface area contributed by atoms with Crippen LogP contribution >= 0.6 is 11.3 Å². The summed E-state index contributed by atoms with van der Waals surface area (Å²) in [5.41, 5.74) is 1.67. The molecule has 0 saturated heterocycles. The van der Waals surface area contributed by atoms with E-state index < -0.39 is 0 Å². The Kier molecular flexibility index (Phi) is 5.19. The third kappa shape index (κ3) is 4.36. The molecule has 0 unspecified atom stereocenters. The second kappa shape index (κ2) is 7.91. The van der Waals surface area contributed by atoms with Crippen molar-refractivity contribution in [3.05, 3.63) is 36.2 Å². The number of nitrogens with zero attached hydrogens (tertiary/aromatic N) is 6. The Labute approximate surface area is 161 Å². The molecule has 1 aliphatic rings. The number of tetrazole rings is 1. The van der Waals surface area contributed by atoms with Gasteiger partial charge in [0.05, 0.1) is 12.2 Å². The fraction of sp³-hybridized carbons (Fsp3) is 0.444. The minimum Gasteiger partial charge on any atom is -0.302 e. The van der Waals surface area contributed by atoms with Crippen LogP contribution in [0.4, 0.5) is 5.13 Å². The number of pyridine rings is 1. The van der Waals surface area contributed by atoms with E-state index in [2.05, 4.69) is 30.8 Å². The van der Waals surface area contributed by atoms with Gasteiger partial charge in [-0.2, -0.15) is 0 Å². The van der Waals surface area contributed by atoms with Gasteiger partial charge in [0, 0.05) is 29.8 Å². The van der Waals surface area contributed by atoms with Gasteiger partial charge in [0.25, 0.3) is 0 Å². The van der Waals surface area contributed by atoms with E-state index in [9.17, 15) is 4.79 Å². The molecule has 0 spiro atoms. The average Bonchev–Trinajstić information content (AvgIpc) is 3.35. The van der Waals surface area contributed by atoms with Crippen molar-refractivity contribution in [3.8, 4) is 11.3 Å². The molecule has 0 aromatic carbocycles. The van der Waals surface area contributed by atoms with Crippen molar-refractivity contribution >= 4 is 22.4 Å². The molecule has 3 heterocycles. The second-order valence-corrected chi connectivity index (χ2v) is 7.93. The summed E-state index contributed by atoms with van der Waals surface area (Å²) in [7, 11) is 0. The van der Waals surface area contributed by atoms with Crippen molar-refractivity contribution in [3.63, 3.8) is 0 Å². The number of thiazole rings is 1. The van der Waals surface area contributed by atoms with Crippen LogP contribution in [0, 0.1) is 5.41 Å². The molecule has 27 heavy (non-hydrogen) atoms. The van der Waals surface area contributed by atoms with Crippen LogP contribution in [-0.2, 0) is 11.3 Å². The lowest BCUT2D eigenvalue weighted by Gasteiger charge is -2.36. The lowest BCUT2D eigenvalue weighted by Crippen LogP contribution is -2.34. The van der Waals surface area contributed by atoms with Crippen molar-refractivity contribution in [2.45, 2.75) is 45.1 Å². The third-order valence-electron chi connectivity index (χ3n) is 5.05. The number of anilines is 1. The maximum atomic E-state index is 12.7. The Bertz CT molecular complexity index is 872. The van der Waals surface area contributed by atoms with E-state index in [4.69, 9.17) is 0 Å². The van der Waals surface area contributed by atoms with Crippen molar-refractivity contribution in [1.29, 1.82) is 0 Å². The van der Waals surface area contributed by atoms with Gasteiger partial charge >= 0.3 is 0 Å². The largest absolute Gasteiger partial charge is 0.302 e. The Morgan fingerprint density at radius 1 is 1.30 bits per heavy atom. The van der Waals surface area contributed by atoms with Crippen LogP contribution in [0.1, 0.15) is 38.5 Å². The Morgan fingerprint density at radius 3 is 2.93 bits per heavy atom. The molecular formula is C18H21N7OS. The highest BCUT2D eigenvalue weighted by Crippen LogP contribution is 2.41. The fourth-order valence-corrected chi connectivity index (χ4v) is 4.51. The van der Waals surface area contributed by atoms with Crippen molar-refractivity contribution < 1.29 is 4.79 Å². The Hall–Kier alpha value is -2.68. The maximum absolute atomic E-state index is 12.7. The molecule has 3 aromatic rings. The predicted octanol–water partition coefficient (Wildman–Crippen LogP) is 3.17. The summed E-state index contributed by atoms with van der Waals surface area (Å²) in [4.78, 5) is 21.4. The summed E-state index contributed by atoms with van der Waals surface area (Å²) in [6, 6.07) is 3.83. The first-order chi connectivity index (χ1) is 13.2. The first kappa shape index (κ1) is 17.7. The van der Waals surface area contributed by atoms with Crippen LogP contribution in [-0.4, -0.2) is 36.1 Å². The first-order valence-electron chi connectivity index (χ1n) is 9.09. The van der Waals surface area contributed by atoms with Gasteiger partial charge in [-0.25, -0.2) is 9.67 Å². The number of nitrogens with one attached hydrogen (secondary N) is 1. The molecule has 0 bridgehead atoms. The maximum Gasteiger partial charge on any atom is 0.226 e. The molecule has 1 amide bonds. The Balaban J connectivity index is 1.43. The summed E-state index contributed by atoms with van der Waals surface area (Å²) >= 11 is 1.43. The van der Waals surface area contributed by atoms with Gasteiger partial charge in [0.2, 0.25) is 5.91 Å². The van der Waals surface area contributed by atoms with Crippen LogP contribution in [0.5, 0.6) is 0 Å². The molecule has 0 atom stereocenters. The highest BCUT2D eigenvalue weighted by Gasteiger charge is 2.35. The van der Waals surface area contributed by atoms with Crippen LogP contribution < -0.4 is 5.32 Å². The monoisotopic (exact) mass is 383 g/mol. The molecule has 3 aromatic heterocycles. The summed E-state index contributed by atoms with van der Waals surface area (Å²) in [5.74, 6) is -0.00272. The number of rotatable bonds is 6. The normalized spacial score (nSPS) is 16.1. The van der Waals surface area contributed by atoms with E-state index in [1.54, 1.807) is 23.4 Å². The highest BCUT2D eigenvalue weighted by molar-refractivity contribution is 7.14. The predicted molar refractivity (Wildman–Crippen MR) is 102 cm³/mol. The first-order valence-corrected chi connectivity index (χ1v) is 9.97. The van der Waals surface area contributed by atoms with Gasteiger partial charge in [-0.1, -0.05) is 19.3 Å².